The van der Waals surface area contributed by atoms with Crippen molar-refractivity contribution in [2.24, 2.45) is 0 Å². The van der Waals surface area contributed by atoms with Gasteiger partial charge in [0, 0.05) is 0 Å². The summed E-state index contributed by atoms with van der Waals surface area (Å²) in [5, 5.41) is 32.8. The average Bonchev–Trinajstić information content (AvgIpc) is 2.99. The molecule has 0 saturated carbocycles. The van der Waals surface area contributed by atoms with Crippen LogP contribution in [0, 0.1) is 0 Å². The molecule has 42 heavy (non-hydrogen) atoms. The molecule has 0 aliphatic heterocycles. The molecule has 244 valence electrons. The summed E-state index contributed by atoms with van der Waals surface area (Å²) in [5.41, 5.74) is 0. The number of carbonyl (C=O) groups is 1. The molecule has 0 rings (SSSR count). The van der Waals surface area contributed by atoms with E-state index in [0.717, 1.165) is 51.4 Å². The second-order valence-electron chi connectivity index (χ2n) is 11.7. The van der Waals surface area contributed by atoms with Crippen molar-refractivity contribution in [3.8, 4) is 0 Å². The fraction of sp³-hybridized carbons (Fsp3) is 0.757. The molecule has 0 saturated heterocycles. The van der Waals surface area contributed by atoms with Gasteiger partial charge in [0.1, 0.15) is 6.10 Å². The highest BCUT2D eigenvalue weighted by Crippen LogP contribution is 2.12. The first-order chi connectivity index (χ1) is 20.6. The molecule has 5 heteroatoms. The fourth-order valence-electron chi connectivity index (χ4n) is 4.78. The minimum absolute atomic E-state index is 0.385. The summed E-state index contributed by atoms with van der Waals surface area (Å²) in [6, 6.07) is -0.821. The monoisotopic (exact) mass is 590 g/mol. The van der Waals surface area contributed by atoms with Crippen LogP contribution in [-0.4, -0.2) is 46.1 Å². The van der Waals surface area contributed by atoms with Gasteiger partial charge in [-0.2, -0.15) is 0 Å². The van der Waals surface area contributed by atoms with E-state index >= 15 is 0 Å². The summed E-state index contributed by atoms with van der Waals surface area (Å²) in [6.45, 7) is 4.08. The molecular weight excluding hydrogens is 522 g/mol. The Morgan fingerprint density at radius 2 is 1.00 bits per heavy atom. The minimum atomic E-state index is -1.11. The SMILES string of the molecule is CCCC/C=C/CC/C=C/CC/C=C/C(O)C(CO)NC(=O)C(O)CCCCCCCC/C=C\CCCCCCCC. The first-order valence-corrected chi connectivity index (χ1v) is 17.5. The van der Waals surface area contributed by atoms with Gasteiger partial charge in [0.25, 0.3) is 0 Å². The van der Waals surface area contributed by atoms with E-state index in [9.17, 15) is 20.1 Å². The lowest BCUT2D eigenvalue weighted by atomic mass is 10.0. The van der Waals surface area contributed by atoms with Gasteiger partial charge in [-0.15, -0.1) is 0 Å². The molecule has 0 heterocycles. The molecule has 5 nitrogen and oxygen atoms in total. The highest BCUT2D eigenvalue weighted by atomic mass is 16.3. The molecule has 1 amide bonds. The Kier molecular flexibility index (Phi) is 30.9. The van der Waals surface area contributed by atoms with Gasteiger partial charge in [0.15, 0.2) is 0 Å². The third-order valence-corrected chi connectivity index (χ3v) is 7.62. The third kappa shape index (κ3) is 27.2. The van der Waals surface area contributed by atoms with Crippen LogP contribution >= 0.6 is 0 Å². The Hall–Kier alpha value is -1.69. The third-order valence-electron chi connectivity index (χ3n) is 7.62. The summed E-state index contributed by atoms with van der Waals surface area (Å²) in [6.07, 6.45) is 39.8. The quantitative estimate of drug-likeness (QED) is 0.0497. The number of carbonyl (C=O) groups excluding carboxylic acids is 1. The molecule has 0 aliphatic rings. The van der Waals surface area contributed by atoms with Gasteiger partial charge in [-0.05, 0) is 64.2 Å². The Morgan fingerprint density at radius 1 is 0.571 bits per heavy atom. The van der Waals surface area contributed by atoms with Crippen LogP contribution in [0.3, 0.4) is 0 Å². The van der Waals surface area contributed by atoms with Crippen LogP contribution in [0.4, 0.5) is 0 Å². The van der Waals surface area contributed by atoms with Crippen LogP contribution in [-0.2, 0) is 4.79 Å². The van der Waals surface area contributed by atoms with Crippen molar-refractivity contribution < 1.29 is 20.1 Å². The van der Waals surface area contributed by atoms with Crippen molar-refractivity contribution in [2.45, 2.75) is 173 Å². The zero-order valence-corrected chi connectivity index (χ0v) is 27.4. The fourth-order valence-corrected chi connectivity index (χ4v) is 4.78. The van der Waals surface area contributed by atoms with E-state index < -0.39 is 24.2 Å². The minimum Gasteiger partial charge on any atom is -0.394 e. The van der Waals surface area contributed by atoms with Crippen LogP contribution < -0.4 is 5.32 Å². The van der Waals surface area contributed by atoms with Crippen molar-refractivity contribution >= 4 is 5.91 Å². The predicted molar refractivity (Wildman–Crippen MR) is 181 cm³/mol. The molecular formula is C37H67NO4. The molecule has 0 bridgehead atoms. The van der Waals surface area contributed by atoms with E-state index in [2.05, 4.69) is 55.6 Å². The maximum absolute atomic E-state index is 12.4. The summed E-state index contributed by atoms with van der Waals surface area (Å²) in [7, 11) is 0. The van der Waals surface area contributed by atoms with Gasteiger partial charge in [0.2, 0.25) is 5.91 Å². The summed E-state index contributed by atoms with van der Waals surface area (Å²) in [5.74, 6) is -0.527. The molecule has 0 fully saturated rings. The lowest BCUT2D eigenvalue weighted by molar-refractivity contribution is -0.131. The van der Waals surface area contributed by atoms with Gasteiger partial charge in [-0.25, -0.2) is 0 Å². The molecule has 0 aromatic heterocycles. The van der Waals surface area contributed by atoms with E-state index in [1.165, 1.54) is 83.5 Å². The van der Waals surface area contributed by atoms with Crippen molar-refractivity contribution in [3.63, 3.8) is 0 Å². The second kappa shape index (κ2) is 32.2. The number of nitrogens with one attached hydrogen (secondary N) is 1. The van der Waals surface area contributed by atoms with E-state index in [0.29, 0.717) is 6.42 Å². The molecule has 0 aliphatic carbocycles. The van der Waals surface area contributed by atoms with Crippen LogP contribution in [0.2, 0.25) is 0 Å². The maximum atomic E-state index is 12.4. The number of allylic oxidation sites excluding steroid dienone is 7. The first-order valence-electron chi connectivity index (χ1n) is 17.5. The Balaban J connectivity index is 3.85. The molecule has 4 N–H and O–H groups in total. The van der Waals surface area contributed by atoms with Crippen LogP contribution in [0.15, 0.2) is 48.6 Å². The van der Waals surface area contributed by atoms with Gasteiger partial charge in [0.05, 0.1) is 18.8 Å². The predicted octanol–water partition coefficient (Wildman–Crippen LogP) is 9.03. The van der Waals surface area contributed by atoms with Crippen LogP contribution in [0.5, 0.6) is 0 Å². The van der Waals surface area contributed by atoms with Crippen molar-refractivity contribution in [1.82, 2.24) is 5.32 Å². The average molecular weight is 590 g/mol. The van der Waals surface area contributed by atoms with Crippen LogP contribution in [0.1, 0.15) is 155 Å². The zero-order chi connectivity index (χ0) is 30.9. The molecule has 0 spiro atoms. The summed E-state index contributed by atoms with van der Waals surface area (Å²) < 4.78 is 0. The number of rotatable bonds is 30. The summed E-state index contributed by atoms with van der Waals surface area (Å²) >= 11 is 0. The van der Waals surface area contributed by atoms with Gasteiger partial charge in [-0.3, -0.25) is 4.79 Å². The van der Waals surface area contributed by atoms with Crippen molar-refractivity contribution in [1.29, 1.82) is 0 Å². The standard InChI is InChI=1S/C37H67NO4/c1-3-5-7-9-11-13-15-17-18-19-20-22-24-26-28-30-32-36(41)37(42)38-34(33-39)35(40)31-29-27-25-23-21-16-14-12-10-8-6-4-2/h10,12,17-18,21,23,29,31,34-36,39-41H,3-9,11,13-16,19-20,22,24-28,30,32-33H2,1-2H3,(H,38,42)/b12-10+,18-17-,23-21+,31-29+. The van der Waals surface area contributed by atoms with Gasteiger partial charge in [-0.1, -0.05) is 140 Å². The Bertz CT molecular complexity index is 700. The van der Waals surface area contributed by atoms with E-state index in [1.807, 2.05) is 6.08 Å². The normalized spacial score (nSPS) is 14.5. The molecule has 0 aromatic carbocycles. The molecule has 3 unspecified atom stereocenters. The molecule has 0 radical (unpaired) electrons. The largest absolute Gasteiger partial charge is 0.394 e. The number of unbranched alkanes of at least 4 members (excludes halogenated alkanes) is 16. The van der Waals surface area contributed by atoms with E-state index in [-0.39, 0.29) is 6.61 Å². The maximum Gasteiger partial charge on any atom is 0.249 e. The topological polar surface area (TPSA) is 89.8 Å². The van der Waals surface area contributed by atoms with E-state index in [1.54, 1.807) is 6.08 Å². The summed E-state index contributed by atoms with van der Waals surface area (Å²) in [4.78, 5) is 12.4. The molecule has 3 atom stereocenters. The number of amides is 1. The number of hydrogen-bond donors (Lipinski definition) is 4. The first kappa shape index (κ1) is 40.3. The number of aliphatic hydroxyl groups is 3. The zero-order valence-electron chi connectivity index (χ0n) is 27.4. The van der Waals surface area contributed by atoms with Gasteiger partial charge < -0.3 is 20.6 Å². The lowest BCUT2D eigenvalue weighted by Gasteiger charge is -2.21. The highest BCUT2D eigenvalue weighted by molar-refractivity contribution is 5.80. The van der Waals surface area contributed by atoms with Crippen LogP contribution in [0.25, 0.3) is 0 Å². The second-order valence-corrected chi connectivity index (χ2v) is 11.7. The van der Waals surface area contributed by atoms with Crippen molar-refractivity contribution in [2.75, 3.05) is 6.61 Å². The highest BCUT2D eigenvalue weighted by Gasteiger charge is 2.22. The molecule has 0 aromatic rings. The number of aliphatic hydroxyl groups excluding tert-OH is 3. The van der Waals surface area contributed by atoms with Gasteiger partial charge >= 0.3 is 0 Å². The van der Waals surface area contributed by atoms with Crippen molar-refractivity contribution in [3.05, 3.63) is 48.6 Å². The smallest absolute Gasteiger partial charge is 0.249 e. The Labute approximate surface area is 259 Å². The lowest BCUT2D eigenvalue weighted by Crippen LogP contribution is -2.48. The number of hydrogen-bond acceptors (Lipinski definition) is 4. The Morgan fingerprint density at radius 3 is 1.52 bits per heavy atom. The van der Waals surface area contributed by atoms with E-state index in [4.69, 9.17) is 0 Å².